The first kappa shape index (κ1) is 17.6. The smallest absolute Gasteiger partial charge is 0.306 e. The van der Waals surface area contributed by atoms with Gasteiger partial charge < -0.3 is 4.74 Å². The van der Waals surface area contributed by atoms with E-state index in [1.54, 1.807) is 0 Å². The Kier molecular flexibility index (Phi) is 7.02. The molecule has 1 atom stereocenters. The summed E-state index contributed by atoms with van der Waals surface area (Å²) in [6.07, 6.45) is 5.05. The van der Waals surface area contributed by atoms with E-state index in [1.165, 1.54) is 18.6 Å². The molecular weight excluding hydrogens is 316 g/mol. The first-order valence-electron chi connectivity index (χ1n) is 7.81. The van der Waals surface area contributed by atoms with Crippen molar-refractivity contribution in [3.8, 4) is 0 Å². The number of hydrogen-bond acceptors (Lipinski definition) is 6. The normalized spacial score (nSPS) is 17.7. The number of aryl methyl sites for hydroxylation is 3. The van der Waals surface area contributed by atoms with E-state index < -0.39 is 0 Å². The molecule has 0 aromatic carbocycles. The highest BCUT2D eigenvalue weighted by atomic mass is 33.1. The van der Waals surface area contributed by atoms with Crippen molar-refractivity contribution in [2.45, 2.75) is 64.7 Å². The fourth-order valence-corrected chi connectivity index (χ4v) is 5.35. The van der Waals surface area contributed by atoms with E-state index in [9.17, 15) is 4.79 Å². The molecule has 1 aromatic rings. The third-order valence-electron chi connectivity index (χ3n) is 3.83. The summed E-state index contributed by atoms with van der Waals surface area (Å²) in [5.41, 5.74) is 3.42. The van der Waals surface area contributed by atoms with Gasteiger partial charge in [0.05, 0.1) is 22.8 Å². The number of nitrogens with zero attached hydrogens (tertiary/aromatic N) is 2. The maximum absolute atomic E-state index is 11.8. The summed E-state index contributed by atoms with van der Waals surface area (Å²) in [7, 11) is 3.97. The predicted molar refractivity (Wildman–Crippen MR) is 93.0 cm³/mol. The maximum atomic E-state index is 11.8. The second-order valence-electron chi connectivity index (χ2n) is 5.66. The summed E-state index contributed by atoms with van der Waals surface area (Å²) < 4.78 is 5.33. The van der Waals surface area contributed by atoms with Gasteiger partial charge in [0, 0.05) is 17.4 Å². The van der Waals surface area contributed by atoms with Gasteiger partial charge in [0.2, 0.25) is 0 Å². The first-order valence-corrected chi connectivity index (χ1v) is 10.2. The average molecular weight is 341 g/mol. The number of unbranched alkanes of at least 4 members (excludes halogenated alkanes) is 1. The van der Waals surface area contributed by atoms with Gasteiger partial charge in [0.15, 0.2) is 0 Å². The van der Waals surface area contributed by atoms with Crippen molar-refractivity contribution in [1.29, 1.82) is 0 Å². The van der Waals surface area contributed by atoms with Crippen LogP contribution in [0.15, 0.2) is 0 Å². The number of rotatable bonds is 7. The van der Waals surface area contributed by atoms with Crippen LogP contribution in [0.3, 0.4) is 0 Å². The minimum atomic E-state index is -0.132. The monoisotopic (exact) mass is 340 g/mol. The predicted octanol–water partition coefficient (Wildman–Crippen LogP) is 4.16. The molecule has 2 heterocycles. The molecule has 1 aromatic heterocycles. The Morgan fingerprint density at radius 3 is 2.68 bits per heavy atom. The molecular formula is C16H24N2O2S2. The molecule has 1 aliphatic heterocycles. The second kappa shape index (κ2) is 8.77. The minimum Gasteiger partial charge on any atom is -0.459 e. The zero-order valence-corrected chi connectivity index (χ0v) is 15.2. The van der Waals surface area contributed by atoms with Gasteiger partial charge in [-0.05, 0) is 40.0 Å². The Morgan fingerprint density at radius 2 is 1.95 bits per heavy atom. The van der Waals surface area contributed by atoms with Crippen molar-refractivity contribution in [2.24, 2.45) is 0 Å². The van der Waals surface area contributed by atoms with Gasteiger partial charge in [0.1, 0.15) is 6.61 Å². The molecule has 4 nitrogen and oxygen atoms in total. The van der Waals surface area contributed by atoms with Crippen LogP contribution in [0.4, 0.5) is 0 Å². The summed E-state index contributed by atoms with van der Waals surface area (Å²) in [5.74, 6) is 1.14. The fraction of sp³-hybridized carbons (Fsp3) is 0.688. The lowest BCUT2D eigenvalue weighted by Crippen LogP contribution is -2.09. The van der Waals surface area contributed by atoms with Gasteiger partial charge in [0.25, 0.3) is 0 Å². The van der Waals surface area contributed by atoms with E-state index in [1.807, 2.05) is 42.4 Å². The van der Waals surface area contributed by atoms with E-state index >= 15 is 0 Å². The van der Waals surface area contributed by atoms with Gasteiger partial charge in [-0.15, -0.1) is 0 Å². The lowest BCUT2D eigenvalue weighted by Gasteiger charge is -2.09. The van der Waals surface area contributed by atoms with Crippen LogP contribution < -0.4 is 0 Å². The molecule has 0 aliphatic carbocycles. The molecule has 1 fully saturated rings. The Labute approximate surface area is 140 Å². The first-order chi connectivity index (χ1) is 10.6. The van der Waals surface area contributed by atoms with E-state index in [4.69, 9.17) is 4.74 Å². The lowest BCUT2D eigenvalue weighted by atomic mass is 10.1. The number of hydrogen-bond donors (Lipinski definition) is 0. The molecule has 1 saturated heterocycles. The summed E-state index contributed by atoms with van der Waals surface area (Å²) in [4.78, 5) is 20.7. The zero-order valence-electron chi connectivity index (χ0n) is 13.6. The van der Waals surface area contributed by atoms with Crippen molar-refractivity contribution < 1.29 is 9.53 Å². The highest BCUT2D eigenvalue weighted by molar-refractivity contribution is 8.77. The highest BCUT2D eigenvalue weighted by Crippen LogP contribution is 2.39. The SMILES string of the molecule is Cc1nc(C)c(COC(=O)CCCC[C@@H]2CCSS2)nc1C. The molecule has 0 unspecified atom stereocenters. The Hall–Kier alpha value is -0.750. The molecule has 0 bridgehead atoms. The van der Waals surface area contributed by atoms with Crippen molar-refractivity contribution in [2.75, 3.05) is 5.75 Å². The van der Waals surface area contributed by atoms with Crippen LogP contribution in [-0.2, 0) is 16.1 Å². The number of carbonyl (C=O) groups excluding carboxylic acids is 1. The summed E-state index contributed by atoms with van der Waals surface area (Å²) in [5, 5.41) is 0.787. The minimum absolute atomic E-state index is 0.132. The molecule has 122 valence electrons. The molecule has 0 saturated carbocycles. The fourth-order valence-electron chi connectivity index (χ4n) is 2.32. The third kappa shape index (κ3) is 5.47. The van der Waals surface area contributed by atoms with Gasteiger partial charge in [-0.2, -0.15) is 0 Å². The van der Waals surface area contributed by atoms with Crippen LogP contribution in [0, 0.1) is 20.8 Å². The molecule has 0 N–H and O–H groups in total. The third-order valence-corrected chi connectivity index (χ3v) is 6.84. The molecule has 22 heavy (non-hydrogen) atoms. The van der Waals surface area contributed by atoms with Crippen LogP contribution in [-0.4, -0.2) is 26.9 Å². The number of carbonyl (C=O) groups is 1. The largest absolute Gasteiger partial charge is 0.459 e. The summed E-state index contributed by atoms with van der Waals surface area (Å²) in [6, 6.07) is 0. The summed E-state index contributed by atoms with van der Waals surface area (Å²) in [6.45, 7) is 5.99. The Morgan fingerprint density at radius 1 is 1.18 bits per heavy atom. The van der Waals surface area contributed by atoms with Crippen LogP contribution in [0.2, 0.25) is 0 Å². The number of aromatic nitrogens is 2. The molecule has 0 spiro atoms. The van der Waals surface area contributed by atoms with Gasteiger partial charge in [-0.3, -0.25) is 14.8 Å². The topological polar surface area (TPSA) is 52.1 Å². The maximum Gasteiger partial charge on any atom is 0.306 e. The summed E-state index contributed by atoms with van der Waals surface area (Å²) >= 11 is 0. The van der Waals surface area contributed by atoms with Crippen LogP contribution in [0.1, 0.15) is 54.9 Å². The highest BCUT2D eigenvalue weighted by Gasteiger charge is 2.16. The van der Waals surface area contributed by atoms with E-state index in [-0.39, 0.29) is 12.6 Å². The second-order valence-corrected chi connectivity index (χ2v) is 8.45. The zero-order chi connectivity index (χ0) is 15.9. The number of ether oxygens (including phenoxy) is 1. The molecule has 0 radical (unpaired) electrons. The van der Waals surface area contributed by atoms with Crippen molar-refractivity contribution in [3.63, 3.8) is 0 Å². The van der Waals surface area contributed by atoms with Crippen molar-refractivity contribution in [3.05, 3.63) is 22.8 Å². The van der Waals surface area contributed by atoms with E-state index in [2.05, 4.69) is 9.97 Å². The van der Waals surface area contributed by atoms with Gasteiger partial charge in [-0.1, -0.05) is 28.0 Å². The standard InChI is InChI=1S/C16H24N2O2S2/c1-11-12(2)18-15(13(3)17-11)10-20-16(19)7-5-4-6-14-8-9-21-22-14/h14H,4-10H2,1-3H3/t14-/m1/s1. The van der Waals surface area contributed by atoms with E-state index in [0.29, 0.717) is 6.42 Å². The van der Waals surface area contributed by atoms with Crippen LogP contribution in [0.5, 0.6) is 0 Å². The quantitative estimate of drug-likeness (QED) is 0.422. The van der Waals surface area contributed by atoms with Crippen molar-refractivity contribution in [1.82, 2.24) is 9.97 Å². The van der Waals surface area contributed by atoms with Gasteiger partial charge in [-0.25, -0.2) is 0 Å². The molecule has 0 amide bonds. The lowest BCUT2D eigenvalue weighted by molar-refractivity contribution is -0.145. The number of esters is 1. The van der Waals surface area contributed by atoms with Crippen molar-refractivity contribution >= 4 is 27.6 Å². The van der Waals surface area contributed by atoms with E-state index in [0.717, 1.165) is 40.9 Å². The van der Waals surface area contributed by atoms with Gasteiger partial charge >= 0.3 is 5.97 Å². The molecule has 6 heteroatoms. The van der Waals surface area contributed by atoms with Crippen LogP contribution >= 0.6 is 21.6 Å². The van der Waals surface area contributed by atoms with Crippen LogP contribution in [0.25, 0.3) is 0 Å². The molecule has 1 aliphatic rings. The Bertz CT molecular complexity index is 517. The molecule has 2 rings (SSSR count). The average Bonchev–Trinajstić information content (AvgIpc) is 2.99. The Balaban J connectivity index is 1.66.